The third-order valence-corrected chi connectivity index (χ3v) is 5.46. The van der Waals surface area contributed by atoms with Crippen molar-refractivity contribution in [2.24, 2.45) is 5.73 Å². The van der Waals surface area contributed by atoms with Gasteiger partial charge in [0.05, 0.1) is 5.54 Å². The van der Waals surface area contributed by atoms with E-state index in [1.807, 2.05) is 32.1 Å². The third kappa shape index (κ3) is 1.18. The number of hydrogen-bond donors (Lipinski definition) is 2. The number of aliphatic hydroxyl groups is 1. The van der Waals surface area contributed by atoms with Gasteiger partial charge in [-0.3, -0.25) is 4.79 Å². The molecule has 1 heterocycles. The molecule has 0 spiro atoms. The minimum Gasteiger partial charge on any atom is -0.385 e. The fourth-order valence-corrected chi connectivity index (χ4v) is 3.97. The molecule has 18 heavy (non-hydrogen) atoms. The summed E-state index contributed by atoms with van der Waals surface area (Å²) in [6.07, 6.45) is -0.168. The van der Waals surface area contributed by atoms with Gasteiger partial charge >= 0.3 is 0 Å². The van der Waals surface area contributed by atoms with E-state index in [0.29, 0.717) is 12.8 Å². The van der Waals surface area contributed by atoms with E-state index in [4.69, 9.17) is 17.2 Å². The maximum Gasteiger partial charge on any atom is 0.284 e. The van der Waals surface area contributed by atoms with Gasteiger partial charge in [0.15, 0.2) is 5.78 Å². The lowest BCUT2D eigenvalue weighted by molar-refractivity contribution is -0.136. The summed E-state index contributed by atoms with van der Waals surface area (Å²) in [4.78, 5) is 12.4. The van der Waals surface area contributed by atoms with Crippen LogP contribution in [-0.2, 0) is 10.3 Å². The number of hydrogen-bond acceptors (Lipinski definition) is 3. The first-order chi connectivity index (χ1) is 8.43. The monoisotopic (exact) mass is 261 g/mol. The Morgan fingerprint density at radius 1 is 1.50 bits per heavy atom. The van der Waals surface area contributed by atoms with Crippen molar-refractivity contribution in [3.63, 3.8) is 0 Å². The average molecular weight is 261 g/mol. The van der Waals surface area contributed by atoms with Gasteiger partial charge in [-0.2, -0.15) is 11.5 Å². The van der Waals surface area contributed by atoms with Crippen molar-refractivity contribution in [2.45, 2.75) is 29.7 Å². The van der Waals surface area contributed by atoms with Crippen LogP contribution in [0.1, 0.15) is 18.4 Å². The lowest BCUT2D eigenvalue weighted by atomic mass is 9.34. The number of aliphatic hydroxyl groups excluding tert-OH is 1. The first kappa shape index (κ1) is 12.3. The van der Waals surface area contributed by atoms with Crippen molar-refractivity contribution in [1.82, 2.24) is 0 Å². The highest BCUT2D eigenvalue weighted by atomic mass is 35.5. The zero-order chi connectivity index (χ0) is 13.1. The first-order valence-electron chi connectivity index (χ1n) is 6.17. The second-order valence-corrected chi connectivity index (χ2v) is 6.03. The van der Waals surface area contributed by atoms with Crippen LogP contribution >= 0.6 is 11.5 Å². The average Bonchev–Trinajstić information content (AvgIpc) is 2.56. The fourth-order valence-electron chi connectivity index (χ4n) is 3.50. The van der Waals surface area contributed by atoms with E-state index in [1.54, 1.807) is 0 Å². The van der Waals surface area contributed by atoms with E-state index in [1.165, 1.54) is 0 Å². The highest BCUT2D eigenvalue weighted by Crippen LogP contribution is 2.56. The molecule has 0 saturated heterocycles. The van der Waals surface area contributed by atoms with Crippen LogP contribution in [0.5, 0.6) is 0 Å². The molecule has 3 atom stereocenters. The van der Waals surface area contributed by atoms with E-state index < -0.39 is 16.9 Å². The third-order valence-electron chi connectivity index (χ3n) is 4.75. The zero-order valence-corrected chi connectivity index (χ0v) is 10.9. The largest absolute Gasteiger partial charge is 0.385 e. The number of nitrogens with two attached hydrogens (primary N) is 1. The minimum atomic E-state index is -1.16. The molecule has 0 amide bonds. The predicted octanol–water partition coefficient (Wildman–Crippen LogP) is -0.654. The van der Waals surface area contributed by atoms with Gasteiger partial charge in [0, 0.05) is 0 Å². The molecule has 1 aromatic carbocycles. The first-order valence-corrected chi connectivity index (χ1v) is 6.61. The Morgan fingerprint density at radius 3 is 2.89 bits per heavy atom. The Kier molecular flexibility index (Phi) is 2.47. The van der Waals surface area contributed by atoms with E-state index in [2.05, 4.69) is 0 Å². The molecule has 0 radical (unpaired) electrons. The van der Waals surface area contributed by atoms with Gasteiger partial charge in [-0.15, -0.1) is 0 Å². The SMILES string of the molecule is BC12CCC(O)C(=O)C1(N)c1ccccc1B2Cl. The maximum atomic E-state index is 12.4. The van der Waals surface area contributed by atoms with Gasteiger partial charge in [-0.1, -0.05) is 36.1 Å². The smallest absolute Gasteiger partial charge is 0.284 e. The molecule has 1 saturated carbocycles. The molecule has 6 heteroatoms. The van der Waals surface area contributed by atoms with Gasteiger partial charge in [0.2, 0.25) is 0 Å². The number of Topliss-reactive ketones (excluding diaryl/α,β-unsaturated/α-hetero) is 1. The number of rotatable bonds is 0. The summed E-state index contributed by atoms with van der Waals surface area (Å²) in [5.41, 5.74) is 6.98. The van der Waals surface area contributed by atoms with Crippen molar-refractivity contribution in [1.29, 1.82) is 0 Å². The molecule has 1 aliphatic carbocycles. The standard InChI is InChI=1S/C12H14B2ClNO2/c13-11-6-5-9(17)10(18)12(11,16)7-3-1-2-4-8(7)14(11)15/h1-4,9,17H,5-6,13,16H2. The van der Waals surface area contributed by atoms with E-state index in [9.17, 15) is 9.90 Å². The zero-order valence-electron chi connectivity index (χ0n) is 10.2. The lowest BCUT2D eigenvalue weighted by Crippen LogP contribution is -2.61. The topological polar surface area (TPSA) is 63.3 Å². The van der Waals surface area contributed by atoms with Crippen LogP contribution in [0.2, 0.25) is 5.21 Å². The molecule has 1 aromatic rings. The Hall–Kier alpha value is -0.770. The molecule has 3 unspecified atom stereocenters. The van der Waals surface area contributed by atoms with Crippen LogP contribution < -0.4 is 11.2 Å². The maximum absolute atomic E-state index is 12.4. The number of halogens is 1. The summed E-state index contributed by atoms with van der Waals surface area (Å²) in [7, 11) is 1.95. The van der Waals surface area contributed by atoms with Crippen LogP contribution in [0.25, 0.3) is 0 Å². The summed E-state index contributed by atoms with van der Waals surface area (Å²) >= 11 is 6.55. The second-order valence-electron chi connectivity index (χ2n) is 5.59. The molecular formula is C12H14B2ClNO2. The molecule has 3 N–H and O–H groups in total. The molecule has 92 valence electrons. The molecule has 3 nitrogen and oxygen atoms in total. The van der Waals surface area contributed by atoms with Crippen molar-refractivity contribution in [2.75, 3.05) is 0 Å². The van der Waals surface area contributed by atoms with Crippen LogP contribution in [-0.4, -0.2) is 31.0 Å². The van der Waals surface area contributed by atoms with Gasteiger partial charge in [-0.25, -0.2) is 0 Å². The minimum absolute atomic E-state index is 0.282. The van der Waals surface area contributed by atoms with Crippen LogP contribution in [0.4, 0.5) is 0 Å². The summed E-state index contributed by atoms with van der Waals surface area (Å²) in [6.45, 7) is 0. The predicted molar refractivity (Wildman–Crippen MR) is 75.0 cm³/mol. The number of fused-ring (bicyclic) bond motifs is 3. The Labute approximate surface area is 112 Å². The molecule has 1 fully saturated rings. The second kappa shape index (κ2) is 3.62. The van der Waals surface area contributed by atoms with Gasteiger partial charge < -0.3 is 10.8 Å². The Morgan fingerprint density at radius 2 is 2.17 bits per heavy atom. The van der Waals surface area contributed by atoms with Crippen LogP contribution in [0.15, 0.2) is 24.3 Å². The highest BCUT2D eigenvalue weighted by Gasteiger charge is 2.65. The van der Waals surface area contributed by atoms with E-state index >= 15 is 0 Å². The summed E-state index contributed by atoms with van der Waals surface area (Å²) in [5, 5.41) is 9.32. The molecular weight excluding hydrogens is 247 g/mol. The Bertz CT molecular complexity index is 541. The highest BCUT2D eigenvalue weighted by molar-refractivity contribution is 7.19. The van der Waals surface area contributed by atoms with E-state index in [-0.39, 0.29) is 11.9 Å². The molecule has 0 bridgehead atoms. The fraction of sp³-hybridized carbons (Fsp3) is 0.417. The van der Waals surface area contributed by atoms with Crippen LogP contribution in [0.3, 0.4) is 0 Å². The normalized spacial score (nSPS) is 38.5. The van der Waals surface area contributed by atoms with E-state index in [0.717, 1.165) is 11.0 Å². The van der Waals surface area contributed by atoms with Crippen molar-refractivity contribution >= 4 is 36.7 Å². The summed E-state index contributed by atoms with van der Waals surface area (Å²) in [6, 6.07) is 7.53. The van der Waals surface area contributed by atoms with Crippen molar-refractivity contribution in [3.05, 3.63) is 29.8 Å². The molecule has 2 aliphatic rings. The quantitative estimate of drug-likeness (QED) is 0.610. The number of benzene rings is 1. The molecule has 0 aromatic heterocycles. The van der Waals surface area contributed by atoms with Crippen LogP contribution in [0, 0.1) is 0 Å². The van der Waals surface area contributed by atoms with Crippen molar-refractivity contribution in [3.8, 4) is 0 Å². The van der Waals surface area contributed by atoms with Gasteiger partial charge in [0.1, 0.15) is 14.0 Å². The molecule has 3 rings (SSSR count). The van der Waals surface area contributed by atoms with Crippen molar-refractivity contribution < 1.29 is 9.90 Å². The van der Waals surface area contributed by atoms with Gasteiger partial charge in [-0.05, 0) is 17.2 Å². The van der Waals surface area contributed by atoms with Gasteiger partial charge in [0.25, 0.3) is 6.13 Å². The summed E-state index contributed by atoms with van der Waals surface area (Å²) in [5.74, 6) is -0.299. The lowest BCUT2D eigenvalue weighted by Gasteiger charge is -2.46. The number of carbonyl (C=O) groups is 1. The molecule has 1 aliphatic heterocycles. The summed E-state index contributed by atoms with van der Waals surface area (Å²) < 4.78 is 0. The number of ketones is 1. The Balaban J connectivity index is 2.28. The number of carbonyl (C=O) groups excluding carboxylic acids is 1.